The van der Waals surface area contributed by atoms with Gasteiger partial charge in [-0.2, -0.15) is 19.0 Å². The minimum atomic E-state index is -3.05. The zero-order valence-electron chi connectivity index (χ0n) is 19.2. The number of fused-ring (bicyclic) bond motifs is 2. The molecule has 0 unspecified atom stereocenters. The third-order valence-corrected chi connectivity index (χ3v) is 6.53. The Hall–Kier alpha value is -3.97. The van der Waals surface area contributed by atoms with E-state index in [4.69, 9.17) is 4.74 Å². The van der Waals surface area contributed by atoms with Crippen molar-refractivity contribution in [3.8, 4) is 17.0 Å². The lowest BCUT2D eigenvalue weighted by atomic mass is 10.1. The minimum absolute atomic E-state index is 0.0708. The van der Waals surface area contributed by atoms with E-state index in [1.54, 1.807) is 42.5 Å². The molecule has 0 aliphatic carbocycles. The topological polar surface area (TPSA) is 110 Å². The van der Waals surface area contributed by atoms with Gasteiger partial charge < -0.3 is 20.7 Å². The molecule has 0 saturated carbocycles. The third kappa shape index (κ3) is 4.75. The molecular formula is C23H22F2N8O2S. The van der Waals surface area contributed by atoms with E-state index in [1.807, 2.05) is 0 Å². The highest BCUT2D eigenvalue weighted by Gasteiger charge is 2.24. The second kappa shape index (κ2) is 9.95. The molecule has 4 aromatic rings. The summed E-state index contributed by atoms with van der Waals surface area (Å²) in [7, 11) is 1.81. The summed E-state index contributed by atoms with van der Waals surface area (Å²) in [5, 5.41) is 17.8. The number of hydrogen-bond acceptors (Lipinski definition) is 8. The number of likely N-dealkylation sites (N-methyl/N-ethyl adjacent to an activating group) is 1. The Labute approximate surface area is 208 Å². The van der Waals surface area contributed by atoms with Gasteiger partial charge in [0.25, 0.3) is 5.91 Å². The van der Waals surface area contributed by atoms with Crippen LogP contribution in [0.15, 0.2) is 60.2 Å². The average Bonchev–Trinajstić information content (AvgIpc) is 3.46. The zero-order chi connectivity index (χ0) is 25.2. The number of nitrogens with zero attached hydrogens (tertiary/aromatic N) is 5. The molecule has 0 fully saturated rings. The van der Waals surface area contributed by atoms with Crippen LogP contribution in [-0.4, -0.2) is 56.2 Å². The summed E-state index contributed by atoms with van der Waals surface area (Å²) in [6.45, 7) is 1.96. The predicted octanol–water partition coefficient (Wildman–Crippen LogP) is 3.70. The van der Waals surface area contributed by atoms with Crippen molar-refractivity contribution in [2.45, 2.75) is 18.1 Å². The Bertz CT molecular complexity index is 1450. The van der Waals surface area contributed by atoms with E-state index in [0.717, 1.165) is 10.6 Å². The highest BCUT2D eigenvalue weighted by molar-refractivity contribution is 7.99. The molecule has 0 bridgehead atoms. The normalized spacial score (nSPS) is 13.1. The molecule has 0 saturated heterocycles. The summed E-state index contributed by atoms with van der Waals surface area (Å²) >= 11 is 1.52. The standard InChI is InChI=1S/C23H22F2N8O2S/c1-13-12-36-19-8-14(18(35-23(24)25)9-16(19)29-13)20-17(11-32(31-20)7-5-26-2)30-22(34)15-10-28-33-6-3-4-27-21(15)33/h3-4,6,8-11,23,26,29H,1,5,7,12H2,2H3,(H,30,34). The summed E-state index contributed by atoms with van der Waals surface area (Å²) in [6.07, 6.45) is 6.32. The van der Waals surface area contributed by atoms with Crippen molar-refractivity contribution in [3.05, 3.63) is 60.8 Å². The van der Waals surface area contributed by atoms with E-state index >= 15 is 0 Å². The summed E-state index contributed by atoms with van der Waals surface area (Å²) in [6, 6.07) is 4.93. The lowest BCUT2D eigenvalue weighted by Crippen LogP contribution is -2.15. The van der Waals surface area contributed by atoms with Crippen molar-refractivity contribution < 1.29 is 18.3 Å². The van der Waals surface area contributed by atoms with Gasteiger partial charge in [-0.15, -0.1) is 11.8 Å². The first-order valence-corrected chi connectivity index (χ1v) is 11.9. The number of benzene rings is 1. The fourth-order valence-corrected chi connectivity index (χ4v) is 4.65. The van der Waals surface area contributed by atoms with Gasteiger partial charge in [0.2, 0.25) is 0 Å². The fourth-order valence-electron chi connectivity index (χ4n) is 3.78. The van der Waals surface area contributed by atoms with Gasteiger partial charge >= 0.3 is 6.61 Å². The van der Waals surface area contributed by atoms with Crippen molar-refractivity contribution in [1.29, 1.82) is 0 Å². The number of rotatable bonds is 8. The van der Waals surface area contributed by atoms with Crippen molar-refractivity contribution in [2.75, 3.05) is 30.0 Å². The van der Waals surface area contributed by atoms with Crippen molar-refractivity contribution in [3.63, 3.8) is 0 Å². The van der Waals surface area contributed by atoms with Crippen LogP contribution in [0.25, 0.3) is 16.9 Å². The number of halogens is 2. The molecule has 36 heavy (non-hydrogen) atoms. The summed E-state index contributed by atoms with van der Waals surface area (Å²) in [5.74, 6) is 0.0991. The highest BCUT2D eigenvalue weighted by atomic mass is 32.2. The first kappa shape index (κ1) is 23.8. The van der Waals surface area contributed by atoms with E-state index in [-0.39, 0.29) is 11.3 Å². The molecule has 186 valence electrons. The molecule has 5 rings (SSSR count). The van der Waals surface area contributed by atoms with E-state index < -0.39 is 12.5 Å². The number of ether oxygens (including phenoxy) is 1. The Kier molecular flexibility index (Phi) is 6.57. The number of aromatic nitrogens is 5. The van der Waals surface area contributed by atoms with Crippen LogP contribution in [0.3, 0.4) is 0 Å². The predicted molar refractivity (Wildman–Crippen MR) is 133 cm³/mol. The van der Waals surface area contributed by atoms with Crippen LogP contribution in [0.4, 0.5) is 20.2 Å². The number of nitrogens with one attached hydrogen (secondary N) is 3. The van der Waals surface area contributed by atoms with Gasteiger partial charge in [0.15, 0.2) is 5.65 Å². The molecular weight excluding hydrogens is 490 g/mol. The quantitative estimate of drug-likeness (QED) is 0.328. The second-order valence-electron chi connectivity index (χ2n) is 7.90. The van der Waals surface area contributed by atoms with Gasteiger partial charge in [-0.25, -0.2) is 9.50 Å². The molecule has 0 atom stereocenters. The van der Waals surface area contributed by atoms with Crippen molar-refractivity contribution in [1.82, 2.24) is 29.7 Å². The molecule has 1 aliphatic rings. The fraction of sp³-hybridized carbons (Fsp3) is 0.217. The average molecular weight is 513 g/mol. The molecule has 1 amide bonds. The number of carbonyl (C=O) groups excluding carboxylic acids is 1. The molecule has 13 heteroatoms. The molecule has 1 aromatic carbocycles. The van der Waals surface area contributed by atoms with Crippen molar-refractivity contribution in [2.24, 2.45) is 0 Å². The number of thioether (sulfide) groups is 1. The van der Waals surface area contributed by atoms with Gasteiger partial charge in [-0.05, 0) is 19.2 Å². The minimum Gasteiger partial charge on any atom is -0.434 e. The first-order chi connectivity index (χ1) is 17.4. The maximum atomic E-state index is 13.4. The highest BCUT2D eigenvalue weighted by Crippen LogP contribution is 2.44. The van der Waals surface area contributed by atoms with Gasteiger partial charge in [-0.3, -0.25) is 9.48 Å². The summed E-state index contributed by atoms with van der Waals surface area (Å²) in [5.41, 5.74) is 2.99. The van der Waals surface area contributed by atoms with E-state index in [1.165, 1.54) is 28.5 Å². The Morgan fingerprint density at radius 2 is 2.25 bits per heavy atom. The maximum Gasteiger partial charge on any atom is 0.387 e. The van der Waals surface area contributed by atoms with E-state index in [9.17, 15) is 13.6 Å². The number of alkyl halides is 2. The van der Waals surface area contributed by atoms with Gasteiger partial charge in [0.1, 0.15) is 17.0 Å². The van der Waals surface area contributed by atoms with Gasteiger partial charge in [-0.1, -0.05) is 6.58 Å². The molecule has 0 radical (unpaired) electrons. The Balaban J connectivity index is 1.58. The summed E-state index contributed by atoms with van der Waals surface area (Å²) in [4.78, 5) is 18.2. The molecule has 3 N–H and O–H groups in total. The van der Waals surface area contributed by atoms with E-state index in [0.29, 0.717) is 47.1 Å². The number of carbonyl (C=O) groups is 1. The lowest BCUT2D eigenvalue weighted by molar-refractivity contribution is -0.0494. The smallest absolute Gasteiger partial charge is 0.387 e. The van der Waals surface area contributed by atoms with Crippen LogP contribution in [0, 0.1) is 0 Å². The maximum absolute atomic E-state index is 13.4. The molecule has 10 nitrogen and oxygen atoms in total. The van der Waals surface area contributed by atoms with Crippen LogP contribution >= 0.6 is 11.8 Å². The van der Waals surface area contributed by atoms with Crippen LogP contribution in [0.2, 0.25) is 0 Å². The molecule has 4 heterocycles. The van der Waals surface area contributed by atoms with Crippen LogP contribution < -0.4 is 20.7 Å². The van der Waals surface area contributed by atoms with E-state index in [2.05, 4.69) is 37.7 Å². The van der Waals surface area contributed by atoms with Crippen LogP contribution in [0.5, 0.6) is 5.75 Å². The number of anilines is 2. The molecule has 3 aromatic heterocycles. The Morgan fingerprint density at radius 1 is 1.39 bits per heavy atom. The number of amides is 1. The first-order valence-electron chi connectivity index (χ1n) is 11.0. The number of hydrogen-bond donors (Lipinski definition) is 3. The second-order valence-corrected chi connectivity index (χ2v) is 8.92. The Morgan fingerprint density at radius 3 is 3.06 bits per heavy atom. The largest absolute Gasteiger partial charge is 0.434 e. The molecule has 1 aliphatic heterocycles. The van der Waals surface area contributed by atoms with Crippen molar-refractivity contribution >= 4 is 34.7 Å². The molecule has 0 spiro atoms. The van der Waals surface area contributed by atoms with Crippen LogP contribution in [-0.2, 0) is 6.54 Å². The lowest BCUT2D eigenvalue weighted by Gasteiger charge is -2.22. The van der Waals surface area contributed by atoms with Gasteiger partial charge in [0.05, 0.1) is 24.1 Å². The van der Waals surface area contributed by atoms with Gasteiger partial charge in [0, 0.05) is 53.1 Å². The third-order valence-electron chi connectivity index (χ3n) is 5.39. The summed E-state index contributed by atoms with van der Waals surface area (Å²) < 4.78 is 34.7. The van der Waals surface area contributed by atoms with Crippen LogP contribution in [0.1, 0.15) is 10.4 Å². The zero-order valence-corrected chi connectivity index (χ0v) is 20.0. The SMILES string of the molecule is C=C1CSc2cc(-c3nn(CCNC)cc3NC(=O)c3cnn4cccnc34)c(OC(F)F)cc2N1. The monoisotopic (exact) mass is 512 g/mol.